The van der Waals surface area contributed by atoms with Crippen LogP contribution >= 0.6 is 0 Å². The van der Waals surface area contributed by atoms with Crippen LogP contribution in [0.3, 0.4) is 0 Å². The monoisotopic (exact) mass is 344 g/mol. The second-order valence-electron chi connectivity index (χ2n) is 7.34. The first-order valence-corrected chi connectivity index (χ1v) is 9.24. The minimum Gasteiger partial charge on any atom is -0.342 e. The number of nitrogens with zero attached hydrogens (tertiary/aromatic N) is 3. The summed E-state index contributed by atoms with van der Waals surface area (Å²) in [5.74, 6) is 0.582. The highest BCUT2D eigenvalue weighted by Gasteiger charge is 2.32. The first kappa shape index (κ1) is 17.9. The lowest BCUT2D eigenvalue weighted by atomic mass is 9.89. The lowest BCUT2D eigenvalue weighted by Gasteiger charge is -2.35. The smallest absolute Gasteiger partial charge is 0.227 e. The van der Waals surface area contributed by atoms with Crippen molar-refractivity contribution in [3.05, 3.63) is 30.1 Å². The molecule has 3 heterocycles. The zero-order chi connectivity index (χ0) is 17.8. The van der Waals surface area contributed by atoms with E-state index >= 15 is 0 Å². The van der Waals surface area contributed by atoms with Crippen LogP contribution in [0.25, 0.3) is 0 Å². The van der Waals surface area contributed by atoms with E-state index in [0.29, 0.717) is 19.0 Å². The number of piperidine rings is 1. The standard InChI is InChI=1S/C19H28N4O2/c1-14(24)23-12-17(2-3-18(20)13-23)19(25)22-10-6-16(7-11-22)15-4-8-21-9-5-15/h4-5,8-9,16-18H,2-3,6-7,10-13,20H2,1H3/t17-,18+/m1/s1. The third kappa shape index (κ3) is 4.37. The number of rotatable bonds is 2. The summed E-state index contributed by atoms with van der Waals surface area (Å²) in [5, 5.41) is 0. The fourth-order valence-corrected chi connectivity index (χ4v) is 4.01. The number of hydrogen-bond donors (Lipinski definition) is 1. The Morgan fingerprint density at radius 2 is 1.72 bits per heavy atom. The molecule has 3 rings (SSSR count). The Bertz CT molecular complexity index is 599. The molecule has 0 aromatic carbocycles. The van der Waals surface area contributed by atoms with Crippen LogP contribution in [0.2, 0.25) is 0 Å². The van der Waals surface area contributed by atoms with Crippen LogP contribution in [0.1, 0.15) is 44.1 Å². The van der Waals surface area contributed by atoms with Crippen LogP contribution in [-0.2, 0) is 9.59 Å². The van der Waals surface area contributed by atoms with Crippen molar-refractivity contribution in [3.8, 4) is 0 Å². The molecular formula is C19H28N4O2. The predicted octanol–water partition coefficient (Wildman–Crippen LogP) is 1.37. The van der Waals surface area contributed by atoms with Crippen LogP contribution in [0.15, 0.2) is 24.5 Å². The van der Waals surface area contributed by atoms with E-state index in [1.807, 2.05) is 17.3 Å². The maximum absolute atomic E-state index is 13.0. The van der Waals surface area contributed by atoms with Crippen LogP contribution < -0.4 is 5.73 Å². The van der Waals surface area contributed by atoms with Gasteiger partial charge in [0.15, 0.2) is 0 Å². The van der Waals surface area contributed by atoms with Gasteiger partial charge in [-0.05, 0) is 49.3 Å². The minimum absolute atomic E-state index is 0.00606. The van der Waals surface area contributed by atoms with Gasteiger partial charge in [0.25, 0.3) is 0 Å². The molecule has 0 unspecified atom stereocenters. The molecule has 136 valence electrons. The van der Waals surface area contributed by atoms with Gasteiger partial charge in [-0.1, -0.05) is 0 Å². The van der Waals surface area contributed by atoms with Crippen molar-refractivity contribution in [2.75, 3.05) is 26.2 Å². The molecule has 25 heavy (non-hydrogen) atoms. The molecule has 2 aliphatic rings. The average molecular weight is 344 g/mol. The molecule has 0 radical (unpaired) electrons. The summed E-state index contributed by atoms with van der Waals surface area (Å²) >= 11 is 0. The second kappa shape index (κ2) is 7.95. The maximum Gasteiger partial charge on any atom is 0.227 e. The molecule has 0 saturated carbocycles. The molecule has 1 aromatic rings. The quantitative estimate of drug-likeness (QED) is 0.879. The van der Waals surface area contributed by atoms with E-state index in [-0.39, 0.29) is 23.8 Å². The Kier molecular flexibility index (Phi) is 5.68. The summed E-state index contributed by atoms with van der Waals surface area (Å²) in [5.41, 5.74) is 7.37. The summed E-state index contributed by atoms with van der Waals surface area (Å²) in [6.45, 7) is 4.19. The minimum atomic E-state index is -0.116. The number of pyridine rings is 1. The van der Waals surface area contributed by atoms with Gasteiger partial charge < -0.3 is 15.5 Å². The SMILES string of the molecule is CC(=O)N1C[C@@H](N)CC[C@@H](C(=O)N2CCC(c3ccncc3)CC2)C1. The van der Waals surface area contributed by atoms with Gasteiger partial charge in [0.05, 0.1) is 5.92 Å². The molecule has 0 spiro atoms. The summed E-state index contributed by atoms with van der Waals surface area (Å²) in [4.78, 5) is 32.5. The van der Waals surface area contributed by atoms with Gasteiger partial charge in [-0.3, -0.25) is 14.6 Å². The zero-order valence-electron chi connectivity index (χ0n) is 14.9. The van der Waals surface area contributed by atoms with E-state index in [2.05, 4.69) is 17.1 Å². The van der Waals surface area contributed by atoms with Gasteiger partial charge in [-0.25, -0.2) is 0 Å². The van der Waals surface area contributed by atoms with Crippen molar-refractivity contribution < 1.29 is 9.59 Å². The molecule has 2 saturated heterocycles. The maximum atomic E-state index is 13.0. The number of hydrogen-bond acceptors (Lipinski definition) is 4. The molecular weight excluding hydrogens is 316 g/mol. The number of amides is 2. The average Bonchev–Trinajstić information content (AvgIpc) is 2.84. The van der Waals surface area contributed by atoms with E-state index in [4.69, 9.17) is 5.73 Å². The molecule has 2 aliphatic heterocycles. The molecule has 2 atom stereocenters. The van der Waals surface area contributed by atoms with Gasteiger partial charge >= 0.3 is 0 Å². The Morgan fingerprint density at radius 1 is 1.04 bits per heavy atom. The van der Waals surface area contributed by atoms with Crippen LogP contribution in [0.4, 0.5) is 0 Å². The molecule has 1 aromatic heterocycles. The van der Waals surface area contributed by atoms with E-state index in [9.17, 15) is 9.59 Å². The first-order valence-electron chi connectivity index (χ1n) is 9.24. The van der Waals surface area contributed by atoms with Gasteiger partial charge in [0.1, 0.15) is 0 Å². The zero-order valence-corrected chi connectivity index (χ0v) is 14.9. The van der Waals surface area contributed by atoms with E-state index < -0.39 is 0 Å². The fraction of sp³-hybridized carbons (Fsp3) is 0.632. The van der Waals surface area contributed by atoms with Crippen molar-refractivity contribution in [1.29, 1.82) is 0 Å². The van der Waals surface area contributed by atoms with Crippen molar-refractivity contribution in [2.24, 2.45) is 11.7 Å². The Balaban J connectivity index is 1.59. The highest BCUT2D eigenvalue weighted by molar-refractivity contribution is 5.80. The van der Waals surface area contributed by atoms with Crippen LogP contribution in [0, 0.1) is 5.92 Å². The highest BCUT2D eigenvalue weighted by Crippen LogP contribution is 2.29. The van der Waals surface area contributed by atoms with E-state index in [1.165, 1.54) is 5.56 Å². The molecule has 0 aliphatic carbocycles. The number of nitrogens with two attached hydrogens (primary N) is 1. The summed E-state index contributed by atoms with van der Waals surface area (Å²) < 4.78 is 0. The van der Waals surface area contributed by atoms with E-state index in [1.54, 1.807) is 11.8 Å². The normalized spacial score (nSPS) is 25.5. The van der Waals surface area contributed by atoms with Gasteiger partial charge in [-0.2, -0.15) is 0 Å². The highest BCUT2D eigenvalue weighted by atomic mass is 16.2. The van der Waals surface area contributed by atoms with Crippen molar-refractivity contribution in [3.63, 3.8) is 0 Å². The molecule has 2 fully saturated rings. The second-order valence-corrected chi connectivity index (χ2v) is 7.34. The van der Waals surface area contributed by atoms with Crippen LogP contribution in [0.5, 0.6) is 0 Å². The third-order valence-electron chi connectivity index (χ3n) is 5.56. The fourth-order valence-electron chi connectivity index (χ4n) is 4.01. The Morgan fingerprint density at radius 3 is 2.36 bits per heavy atom. The summed E-state index contributed by atoms with van der Waals surface area (Å²) in [6, 6.07) is 4.11. The number of carbonyl (C=O) groups is 2. The van der Waals surface area contributed by atoms with Gasteiger partial charge in [-0.15, -0.1) is 0 Å². The van der Waals surface area contributed by atoms with Crippen molar-refractivity contribution >= 4 is 11.8 Å². The predicted molar refractivity (Wildman–Crippen MR) is 95.7 cm³/mol. The molecule has 6 heteroatoms. The van der Waals surface area contributed by atoms with Gasteiger partial charge in [0, 0.05) is 51.5 Å². The number of carbonyl (C=O) groups excluding carboxylic acids is 2. The van der Waals surface area contributed by atoms with Gasteiger partial charge in [0.2, 0.25) is 11.8 Å². The van der Waals surface area contributed by atoms with Crippen LogP contribution in [-0.4, -0.2) is 58.8 Å². The molecule has 0 bridgehead atoms. The molecule has 2 amide bonds. The number of aromatic nitrogens is 1. The largest absolute Gasteiger partial charge is 0.342 e. The number of likely N-dealkylation sites (tertiary alicyclic amines) is 2. The van der Waals surface area contributed by atoms with E-state index in [0.717, 1.165) is 38.8 Å². The lowest BCUT2D eigenvalue weighted by Crippen LogP contribution is -2.45. The first-order chi connectivity index (χ1) is 12.0. The summed E-state index contributed by atoms with van der Waals surface area (Å²) in [7, 11) is 0. The van der Waals surface area contributed by atoms with Crippen molar-refractivity contribution in [1.82, 2.24) is 14.8 Å². The summed E-state index contributed by atoms with van der Waals surface area (Å²) in [6.07, 6.45) is 7.20. The third-order valence-corrected chi connectivity index (χ3v) is 5.56. The van der Waals surface area contributed by atoms with Crippen molar-refractivity contribution in [2.45, 2.75) is 44.6 Å². The Labute approximate surface area is 149 Å². The topological polar surface area (TPSA) is 79.5 Å². The Hall–Kier alpha value is -1.95. The molecule has 6 nitrogen and oxygen atoms in total. The lowest BCUT2D eigenvalue weighted by molar-refractivity contribution is -0.138. The molecule has 2 N–H and O–H groups in total.